The SMILES string of the molecule is O=C(C(=O)c1ccc(CO)o1)c1ccco1. The molecule has 82 valence electrons. The minimum atomic E-state index is -0.797. The van der Waals surface area contributed by atoms with Crippen molar-refractivity contribution in [1.29, 1.82) is 0 Å². The number of carbonyl (C=O) groups excluding carboxylic acids is 2. The van der Waals surface area contributed by atoms with Gasteiger partial charge in [-0.1, -0.05) is 0 Å². The number of aliphatic hydroxyl groups is 1. The fraction of sp³-hybridized carbons (Fsp3) is 0.0909. The fourth-order valence-electron chi connectivity index (χ4n) is 1.22. The van der Waals surface area contributed by atoms with E-state index in [1.165, 1.54) is 30.5 Å². The van der Waals surface area contributed by atoms with Crippen LogP contribution in [-0.2, 0) is 6.61 Å². The van der Waals surface area contributed by atoms with E-state index in [0.717, 1.165) is 0 Å². The highest BCUT2D eigenvalue weighted by atomic mass is 16.4. The standard InChI is InChI=1S/C11H8O5/c12-6-7-3-4-9(16-7)11(14)10(13)8-2-1-5-15-8/h1-5,12H,6H2. The van der Waals surface area contributed by atoms with Gasteiger partial charge in [-0.05, 0) is 24.3 Å². The molecule has 2 aromatic heterocycles. The predicted molar refractivity (Wildman–Crippen MR) is 52.0 cm³/mol. The van der Waals surface area contributed by atoms with Gasteiger partial charge in [-0.25, -0.2) is 0 Å². The smallest absolute Gasteiger partial charge is 0.271 e. The van der Waals surface area contributed by atoms with Crippen LogP contribution in [0, 0.1) is 0 Å². The zero-order chi connectivity index (χ0) is 11.5. The number of carbonyl (C=O) groups is 2. The van der Waals surface area contributed by atoms with Crippen molar-refractivity contribution >= 4 is 11.6 Å². The third-order valence-corrected chi connectivity index (χ3v) is 1.99. The molecule has 0 aliphatic heterocycles. The summed E-state index contributed by atoms with van der Waals surface area (Å²) in [6.45, 7) is -0.317. The van der Waals surface area contributed by atoms with Gasteiger partial charge in [0.25, 0.3) is 11.6 Å². The van der Waals surface area contributed by atoms with Crippen LogP contribution in [0.2, 0.25) is 0 Å². The zero-order valence-corrected chi connectivity index (χ0v) is 8.17. The van der Waals surface area contributed by atoms with E-state index in [1.54, 1.807) is 0 Å². The first-order valence-corrected chi connectivity index (χ1v) is 4.54. The number of hydrogen-bond acceptors (Lipinski definition) is 5. The molecule has 0 saturated heterocycles. The van der Waals surface area contributed by atoms with Crippen LogP contribution in [0.15, 0.2) is 39.4 Å². The summed E-state index contributed by atoms with van der Waals surface area (Å²) in [5, 5.41) is 8.75. The highest BCUT2D eigenvalue weighted by Crippen LogP contribution is 2.12. The third-order valence-electron chi connectivity index (χ3n) is 1.99. The molecule has 0 atom stereocenters. The number of furan rings is 2. The van der Waals surface area contributed by atoms with Crippen LogP contribution in [0.1, 0.15) is 26.9 Å². The summed E-state index contributed by atoms with van der Waals surface area (Å²) in [5.41, 5.74) is 0. The molecule has 0 aliphatic rings. The molecule has 0 bridgehead atoms. The van der Waals surface area contributed by atoms with Crippen LogP contribution >= 0.6 is 0 Å². The number of ketones is 2. The summed E-state index contributed by atoms with van der Waals surface area (Å²) >= 11 is 0. The normalized spacial score (nSPS) is 10.3. The van der Waals surface area contributed by atoms with Crippen LogP contribution in [0.25, 0.3) is 0 Å². The minimum absolute atomic E-state index is 0.0352. The van der Waals surface area contributed by atoms with Crippen LogP contribution in [0.4, 0.5) is 0 Å². The fourth-order valence-corrected chi connectivity index (χ4v) is 1.22. The summed E-state index contributed by atoms with van der Waals surface area (Å²) in [4.78, 5) is 23.1. The average Bonchev–Trinajstić information content (AvgIpc) is 2.97. The molecule has 1 N–H and O–H groups in total. The Bertz CT molecular complexity index is 506. The Kier molecular flexibility index (Phi) is 2.70. The Morgan fingerprint density at radius 2 is 1.88 bits per heavy atom. The summed E-state index contributed by atoms with van der Waals surface area (Å²) in [6, 6.07) is 5.69. The molecule has 5 heteroatoms. The Morgan fingerprint density at radius 1 is 1.12 bits per heavy atom. The Balaban J connectivity index is 2.22. The molecule has 0 amide bonds. The van der Waals surface area contributed by atoms with Gasteiger partial charge < -0.3 is 13.9 Å². The van der Waals surface area contributed by atoms with Crippen LogP contribution in [0.5, 0.6) is 0 Å². The highest BCUT2D eigenvalue weighted by Gasteiger charge is 2.23. The first-order chi connectivity index (χ1) is 7.72. The second kappa shape index (κ2) is 4.16. The number of hydrogen-bond donors (Lipinski definition) is 1. The van der Waals surface area contributed by atoms with Crippen molar-refractivity contribution in [2.75, 3.05) is 0 Å². The van der Waals surface area contributed by atoms with E-state index in [2.05, 4.69) is 0 Å². The first kappa shape index (κ1) is 10.4. The van der Waals surface area contributed by atoms with E-state index in [-0.39, 0.29) is 23.9 Å². The van der Waals surface area contributed by atoms with Crippen molar-refractivity contribution < 1.29 is 23.5 Å². The monoisotopic (exact) mass is 220 g/mol. The van der Waals surface area contributed by atoms with E-state index in [9.17, 15) is 9.59 Å². The van der Waals surface area contributed by atoms with E-state index < -0.39 is 11.6 Å². The number of Topliss-reactive ketones (excluding diaryl/α,β-unsaturated/α-hetero) is 2. The molecular weight excluding hydrogens is 212 g/mol. The lowest BCUT2D eigenvalue weighted by molar-refractivity contribution is 0.0782. The summed E-state index contributed by atoms with van der Waals surface area (Å²) in [5.74, 6) is -1.48. The first-order valence-electron chi connectivity index (χ1n) is 4.54. The molecule has 0 saturated carbocycles. The molecule has 2 rings (SSSR count). The van der Waals surface area contributed by atoms with Crippen LogP contribution in [0.3, 0.4) is 0 Å². The Hall–Kier alpha value is -2.14. The van der Waals surface area contributed by atoms with Gasteiger partial charge in [-0.3, -0.25) is 9.59 Å². The summed E-state index contributed by atoms with van der Waals surface area (Å²) < 4.78 is 9.76. The maximum Gasteiger partial charge on any atom is 0.271 e. The average molecular weight is 220 g/mol. The van der Waals surface area contributed by atoms with E-state index in [4.69, 9.17) is 13.9 Å². The topological polar surface area (TPSA) is 80.7 Å². The van der Waals surface area contributed by atoms with Crippen molar-refractivity contribution in [2.45, 2.75) is 6.61 Å². The van der Waals surface area contributed by atoms with Crippen molar-refractivity contribution in [2.24, 2.45) is 0 Å². The summed E-state index contributed by atoms with van der Waals surface area (Å²) in [6.07, 6.45) is 1.31. The van der Waals surface area contributed by atoms with Crippen LogP contribution < -0.4 is 0 Å². The molecule has 0 radical (unpaired) electrons. The molecule has 0 spiro atoms. The molecule has 16 heavy (non-hydrogen) atoms. The maximum absolute atomic E-state index is 11.6. The van der Waals surface area contributed by atoms with Gasteiger partial charge in [0.15, 0.2) is 11.5 Å². The molecule has 2 aromatic rings. The molecular formula is C11H8O5. The van der Waals surface area contributed by atoms with Gasteiger partial charge in [-0.2, -0.15) is 0 Å². The second-order valence-electron chi connectivity index (χ2n) is 3.06. The van der Waals surface area contributed by atoms with Crippen molar-refractivity contribution in [3.05, 3.63) is 47.8 Å². The quantitative estimate of drug-likeness (QED) is 0.622. The van der Waals surface area contributed by atoms with Gasteiger partial charge in [-0.15, -0.1) is 0 Å². The lowest BCUT2D eigenvalue weighted by Crippen LogP contribution is -2.12. The zero-order valence-electron chi connectivity index (χ0n) is 8.17. The van der Waals surface area contributed by atoms with Gasteiger partial charge in [0, 0.05) is 0 Å². The lowest BCUT2D eigenvalue weighted by Gasteiger charge is -1.93. The Labute approximate surface area is 90.3 Å². The number of aliphatic hydroxyl groups excluding tert-OH is 1. The van der Waals surface area contributed by atoms with Gasteiger partial charge in [0.05, 0.1) is 6.26 Å². The molecule has 0 unspecified atom stereocenters. The van der Waals surface area contributed by atoms with Gasteiger partial charge >= 0.3 is 0 Å². The van der Waals surface area contributed by atoms with E-state index in [0.29, 0.717) is 0 Å². The Morgan fingerprint density at radius 3 is 2.44 bits per heavy atom. The highest BCUT2D eigenvalue weighted by molar-refractivity contribution is 6.47. The van der Waals surface area contributed by atoms with Crippen molar-refractivity contribution in [1.82, 2.24) is 0 Å². The van der Waals surface area contributed by atoms with Gasteiger partial charge in [0.1, 0.15) is 12.4 Å². The molecule has 0 aromatic carbocycles. The molecule has 2 heterocycles. The van der Waals surface area contributed by atoms with E-state index in [1.807, 2.05) is 0 Å². The van der Waals surface area contributed by atoms with Crippen molar-refractivity contribution in [3.63, 3.8) is 0 Å². The van der Waals surface area contributed by atoms with Crippen molar-refractivity contribution in [3.8, 4) is 0 Å². The molecule has 0 fully saturated rings. The van der Waals surface area contributed by atoms with Crippen LogP contribution in [-0.4, -0.2) is 16.7 Å². The van der Waals surface area contributed by atoms with Gasteiger partial charge in [0.2, 0.25) is 0 Å². The second-order valence-corrected chi connectivity index (χ2v) is 3.06. The largest absolute Gasteiger partial charge is 0.461 e. The summed E-state index contributed by atoms with van der Waals surface area (Å²) in [7, 11) is 0. The third kappa shape index (κ3) is 1.80. The lowest BCUT2D eigenvalue weighted by atomic mass is 10.2. The maximum atomic E-state index is 11.6. The predicted octanol–water partition coefficient (Wildman–Crippen LogP) is 1.43. The molecule has 0 aliphatic carbocycles. The molecule has 5 nitrogen and oxygen atoms in total. The minimum Gasteiger partial charge on any atom is -0.461 e. The number of rotatable bonds is 4. The van der Waals surface area contributed by atoms with E-state index >= 15 is 0 Å².